The Bertz CT molecular complexity index is 3610. The largest absolute Gasteiger partial charge is 0.457 e. The summed E-state index contributed by atoms with van der Waals surface area (Å²) in [6, 6.07) is 78.4. The lowest BCUT2D eigenvalue weighted by molar-refractivity contribution is 0.436. The van der Waals surface area contributed by atoms with E-state index in [0.29, 0.717) is 5.82 Å². The number of para-hydroxylation sites is 1. The summed E-state index contributed by atoms with van der Waals surface area (Å²) < 4.78 is 7.01. The summed E-state index contributed by atoms with van der Waals surface area (Å²) in [6.07, 6.45) is 0. The molecule has 62 heavy (non-hydrogen) atoms. The molecule has 1 aromatic heterocycles. The van der Waals surface area contributed by atoms with Crippen LogP contribution in [0, 0.1) is 0 Å². The second-order valence-electron chi connectivity index (χ2n) is 16.4. The van der Waals surface area contributed by atoms with Crippen molar-refractivity contribution in [2.24, 2.45) is 0 Å². The molecule has 1 unspecified atom stereocenters. The number of ether oxygens (including phenoxy) is 1. The average molecular weight is 789 g/mol. The number of benzene rings is 10. The minimum Gasteiger partial charge on any atom is -0.457 e. The minimum atomic E-state index is -0.634. The molecule has 10 aromatic carbocycles. The molecule has 0 bridgehead atoms. The van der Waals surface area contributed by atoms with E-state index in [2.05, 4.69) is 212 Å². The summed E-state index contributed by atoms with van der Waals surface area (Å²) in [5, 5.41) is 7.58. The zero-order valence-electron chi connectivity index (χ0n) is 33.6. The van der Waals surface area contributed by atoms with Crippen LogP contribution in [0.2, 0.25) is 0 Å². The van der Waals surface area contributed by atoms with Gasteiger partial charge in [0.05, 0.1) is 16.8 Å². The van der Waals surface area contributed by atoms with Gasteiger partial charge in [-0.1, -0.05) is 182 Å². The molecule has 13 rings (SSSR count). The third kappa shape index (κ3) is 5.06. The molecule has 1 aliphatic heterocycles. The first-order valence-corrected chi connectivity index (χ1v) is 21.2. The van der Waals surface area contributed by atoms with Gasteiger partial charge in [0.15, 0.2) is 5.82 Å². The second-order valence-corrected chi connectivity index (χ2v) is 16.4. The molecule has 0 saturated heterocycles. The molecule has 0 fully saturated rings. The Morgan fingerprint density at radius 3 is 1.58 bits per heavy atom. The zero-order valence-corrected chi connectivity index (χ0v) is 33.6. The summed E-state index contributed by atoms with van der Waals surface area (Å²) in [6.45, 7) is 0. The van der Waals surface area contributed by atoms with Crippen molar-refractivity contribution in [2.45, 2.75) is 5.41 Å². The molecule has 288 valence electrons. The molecule has 0 N–H and O–H groups in total. The third-order valence-corrected chi connectivity index (χ3v) is 13.1. The van der Waals surface area contributed by atoms with Gasteiger partial charge in [-0.15, -0.1) is 0 Å². The third-order valence-electron chi connectivity index (χ3n) is 13.1. The molecule has 3 nitrogen and oxygen atoms in total. The van der Waals surface area contributed by atoms with E-state index >= 15 is 0 Å². The molecule has 1 spiro atoms. The van der Waals surface area contributed by atoms with Gasteiger partial charge < -0.3 is 4.74 Å². The molecule has 11 aromatic rings. The Morgan fingerprint density at radius 2 is 0.839 bits per heavy atom. The molecule has 0 amide bonds. The number of hydrogen-bond donors (Lipinski definition) is 0. The summed E-state index contributed by atoms with van der Waals surface area (Å²) in [4.78, 5) is 10.6. The van der Waals surface area contributed by atoms with E-state index in [1.165, 1.54) is 54.6 Å². The Kier molecular flexibility index (Phi) is 7.52. The quantitative estimate of drug-likeness (QED) is 0.167. The number of aromatic nitrogens is 2. The van der Waals surface area contributed by atoms with Gasteiger partial charge >= 0.3 is 0 Å². The van der Waals surface area contributed by atoms with Crippen LogP contribution in [0.25, 0.3) is 88.5 Å². The topological polar surface area (TPSA) is 35.0 Å². The van der Waals surface area contributed by atoms with E-state index in [1.807, 2.05) is 6.07 Å². The van der Waals surface area contributed by atoms with E-state index in [1.54, 1.807) is 0 Å². The Morgan fingerprint density at radius 1 is 0.290 bits per heavy atom. The lowest BCUT2D eigenvalue weighted by atomic mass is 9.65. The van der Waals surface area contributed by atoms with Gasteiger partial charge in [-0.25, -0.2) is 9.97 Å². The lowest BCUT2D eigenvalue weighted by Crippen LogP contribution is -2.32. The standard InChI is InChI=1S/C59H36N2O/c1-3-16-37(17-4-1)39-20-15-21-40(32-39)55-36-54(38-18-5-2-6-19-38)60-58(61-55)41-30-31-52-57(33-41)62-56-29-14-13-28-51(56)59(52)50-27-12-11-26-46(50)49-34-47-44-24-9-7-22-42(44)43-23-8-10-25-45(43)48(47)35-53(49)59/h1-36H. The highest BCUT2D eigenvalue weighted by Gasteiger charge is 2.51. The van der Waals surface area contributed by atoms with Crippen molar-refractivity contribution in [3.05, 3.63) is 241 Å². The first kappa shape index (κ1) is 34.7. The van der Waals surface area contributed by atoms with E-state index in [-0.39, 0.29) is 0 Å². The van der Waals surface area contributed by atoms with E-state index in [0.717, 1.165) is 61.8 Å². The summed E-state index contributed by atoms with van der Waals surface area (Å²) in [5.74, 6) is 2.29. The maximum absolute atomic E-state index is 7.01. The first-order chi connectivity index (χ1) is 30.7. The number of fused-ring (bicyclic) bond motifs is 15. The van der Waals surface area contributed by atoms with Crippen LogP contribution in [-0.2, 0) is 5.41 Å². The first-order valence-electron chi connectivity index (χ1n) is 21.2. The molecule has 2 aliphatic rings. The molecule has 3 heteroatoms. The molecule has 0 radical (unpaired) electrons. The molecule has 1 aliphatic carbocycles. The van der Waals surface area contributed by atoms with Crippen molar-refractivity contribution < 1.29 is 4.74 Å². The van der Waals surface area contributed by atoms with E-state index in [4.69, 9.17) is 14.7 Å². The van der Waals surface area contributed by atoms with Gasteiger partial charge in [-0.2, -0.15) is 0 Å². The fourth-order valence-corrected chi connectivity index (χ4v) is 10.4. The van der Waals surface area contributed by atoms with Crippen LogP contribution in [0.15, 0.2) is 218 Å². The monoisotopic (exact) mass is 788 g/mol. The van der Waals surface area contributed by atoms with Gasteiger partial charge in [-0.05, 0) is 102 Å². The normalized spacial score (nSPS) is 14.6. The van der Waals surface area contributed by atoms with Crippen LogP contribution in [0.3, 0.4) is 0 Å². The molecule has 2 heterocycles. The minimum absolute atomic E-state index is 0.634. The predicted molar refractivity (Wildman–Crippen MR) is 254 cm³/mol. The van der Waals surface area contributed by atoms with Crippen molar-refractivity contribution in [3.8, 4) is 67.7 Å². The summed E-state index contributed by atoms with van der Waals surface area (Å²) in [7, 11) is 0. The molecule has 1 atom stereocenters. The molecular weight excluding hydrogens is 753 g/mol. The van der Waals surface area contributed by atoms with Gasteiger partial charge in [0.1, 0.15) is 11.5 Å². The van der Waals surface area contributed by atoms with Crippen LogP contribution in [0.1, 0.15) is 22.3 Å². The number of rotatable bonds is 4. The smallest absolute Gasteiger partial charge is 0.160 e. The maximum atomic E-state index is 7.01. The predicted octanol–water partition coefficient (Wildman–Crippen LogP) is 15.1. The SMILES string of the molecule is c1ccc(-c2cccc(-c3cc(-c4ccccc4)nc(-c4ccc5c(c4)Oc4ccccc4C54c5ccccc5-c5cc6c7ccccc7c7ccccc7c6cc54)n3)c2)cc1. The highest BCUT2D eigenvalue weighted by atomic mass is 16.5. The van der Waals surface area contributed by atoms with Gasteiger partial charge in [-0.3, -0.25) is 0 Å². The van der Waals surface area contributed by atoms with Crippen LogP contribution >= 0.6 is 0 Å². The van der Waals surface area contributed by atoms with Crippen LogP contribution in [0.4, 0.5) is 0 Å². The van der Waals surface area contributed by atoms with Gasteiger partial charge in [0.25, 0.3) is 0 Å². The molecule has 0 saturated carbocycles. The second kappa shape index (κ2) is 13.4. The van der Waals surface area contributed by atoms with Crippen LogP contribution in [-0.4, -0.2) is 9.97 Å². The maximum Gasteiger partial charge on any atom is 0.160 e. The van der Waals surface area contributed by atoms with Gasteiger partial charge in [0, 0.05) is 27.8 Å². The Labute approximate surface area is 359 Å². The van der Waals surface area contributed by atoms with Crippen LogP contribution in [0.5, 0.6) is 11.5 Å². The van der Waals surface area contributed by atoms with Crippen molar-refractivity contribution in [2.75, 3.05) is 0 Å². The summed E-state index contributed by atoms with van der Waals surface area (Å²) >= 11 is 0. The number of hydrogen-bond acceptors (Lipinski definition) is 3. The fraction of sp³-hybridized carbons (Fsp3) is 0.0169. The molecular formula is C59H36N2O. The lowest BCUT2D eigenvalue weighted by Gasteiger charge is -2.39. The van der Waals surface area contributed by atoms with Crippen molar-refractivity contribution in [1.29, 1.82) is 0 Å². The van der Waals surface area contributed by atoms with E-state index in [9.17, 15) is 0 Å². The highest BCUT2D eigenvalue weighted by Crippen LogP contribution is 2.63. The van der Waals surface area contributed by atoms with Crippen LogP contribution < -0.4 is 4.74 Å². The summed E-state index contributed by atoms with van der Waals surface area (Å²) in [5.41, 5.74) is 13.6. The Balaban J connectivity index is 1.05. The average Bonchev–Trinajstić information content (AvgIpc) is 3.63. The zero-order chi connectivity index (χ0) is 40.8. The highest BCUT2D eigenvalue weighted by molar-refractivity contribution is 6.26. The van der Waals surface area contributed by atoms with Crippen molar-refractivity contribution in [1.82, 2.24) is 9.97 Å². The number of nitrogens with zero attached hydrogens (tertiary/aromatic N) is 2. The van der Waals surface area contributed by atoms with E-state index < -0.39 is 5.41 Å². The fourth-order valence-electron chi connectivity index (χ4n) is 10.4. The van der Waals surface area contributed by atoms with Crippen molar-refractivity contribution >= 4 is 32.3 Å². The van der Waals surface area contributed by atoms with Gasteiger partial charge in [0.2, 0.25) is 0 Å². The Hall–Kier alpha value is -8.14. The van der Waals surface area contributed by atoms with Crippen molar-refractivity contribution in [3.63, 3.8) is 0 Å².